The van der Waals surface area contributed by atoms with Gasteiger partial charge in [0.1, 0.15) is 19.0 Å². The number of carbonyl (C=O) groups excluding carboxylic acids is 1. The van der Waals surface area contributed by atoms with Crippen LogP contribution in [0.1, 0.15) is 11.5 Å². The number of halogens is 2. The fourth-order valence-electron chi connectivity index (χ4n) is 4.74. The van der Waals surface area contributed by atoms with Gasteiger partial charge in [0.05, 0.1) is 10.8 Å². The Hall–Kier alpha value is -2.66. The second-order valence-corrected chi connectivity index (χ2v) is 11.1. The first-order valence-electron chi connectivity index (χ1n) is 11.3. The maximum atomic E-state index is 14.5. The van der Waals surface area contributed by atoms with E-state index in [0.717, 1.165) is 11.1 Å². The van der Waals surface area contributed by atoms with E-state index in [4.69, 9.17) is 21.1 Å². The van der Waals surface area contributed by atoms with Crippen LogP contribution in [-0.4, -0.2) is 76.5 Å². The van der Waals surface area contributed by atoms with Crippen molar-refractivity contribution in [2.24, 2.45) is 0 Å². The predicted molar refractivity (Wildman–Crippen MR) is 128 cm³/mol. The van der Waals surface area contributed by atoms with Crippen molar-refractivity contribution in [2.75, 3.05) is 53.0 Å². The molecule has 1 unspecified atom stereocenters. The van der Waals surface area contributed by atoms with E-state index >= 15 is 0 Å². The minimum atomic E-state index is -3.75. The molecule has 0 aliphatic carbocycles. The maximum absolute atomic E-state index is 14.5. The molecule has 0 spiro atoms. The number of nitrogens with one attached hydrogen (secondary N) is 1. The molecular weight excluding hydrogens is 497 g/mol. The molecule has 35 heavy (non-hydrogen) atoms. The van der Waals surface area contributed by atoms with Crippen molar-refractivity contribution in [3.8, 4) is 11.5 Å². The maximum Gasteiger partial charge on any atom is 0.243 e. The van der Waals surface area contributed by atoms with Gasteiger partial charge in [0, 0.05) is 49.4 Å². The molecule has 3 heterocycles. The van der Waals surface area contributed by atoms with Gasteiger partial charge in [-0.25, -0.2) is 12.8 Å². The third-order valence-electron chi connectivity index (χ3n) is 6.50. The van der Waals surface area contributed by atoms with Crippen LogP contribution < -0.4 is 14.8 Å². The first-order valence-corrected chi connectivity index (χ1v) is 13.1. The largest absolute Gasteiger partial charge is 0.486 e. The second kappa shape index (κ2) is 9.42. The van der Waals surface area contributed by atoms with Gasteiger partial charge in [-0.2, -0.15) is 4.31 Å². The lowest BCUT2D eigenvalue weighted by Gasteiger charge is -2.27. The lowest BCUT2D eigenvalue weighted by molar-refractivity contribution is -0.131. The number of amides is 1. The molecule has 1 N–H and O–H groups in total. The SMILES string of the molecule is CNCC(C(=O)N1CC2=C(C1)CN(S(=O)(=O)c1ccc3c(c1)OCCO3)C2)c1cc(Cl)ccc1F. The highest BCUT2D eigenvalue weighted by molar-refractivity contribution is 7.89. The summed E-state index contributed by atoms with van der Waals surface area (Å²) in [7, 11) is -2.05. The van der Waals surface area contributed by atoms with Crippen LogP contribution in [0.4, 0.5) is 4.39 Å². The Labute approximate surface area is 208 Å². The summed E-state index contributed by atoms with van der Waals surface area (Å²) in [4.78, 5) is 15.2. The van der Waals surface area contributed by atoms with E-state index in [9.17, 15) is 17.6 Å². The molecule has 0 saturated carbocycles. The van der Waals surface area contributed by atoms with Gasteiger partial charge in [0.25, 0.3) is 0 Å². The van der Waals surface area contributed by atoms with E-state index in [0.29, 0.717) is 42.8 Å². The quantitative estimate of drug-likeness (QED) is 0.587. The molecular formula is C24H25ClFN3O5S. The Morgan fingerprint density at radius 2 is 1.74 bits per heavy atom. The number of nitrogens with zero attached hydrogens (tertiary/aromatic N) is 2. The summed E-state index contributed by atoms with van der Waals surface area (Å²) in [5.41, 5.74) is 2.04. The zero-order chi connectivity index (χ0) is 24.7. The number of likely N-dealkylation sites (N-methyl/N-ethyl adjacent to an activating group) is 1. The van der Waals surface area contributed by atoms with Gasteiger partial charge in [-0.1, -0.05) is 11.6 Å². The van der Waals surface area contributed by atoms with Gasteiger partial charge in [0.15, 0.2) is 11.5 Å². The number of fused-ring (bicyclic) bond motifs is 1. The molecule has 3 aliphatic rings. The van der Waals surface area contributed by atoms with E-state index in [1.54, 1.807) is 18.0 Å². The van der Waals surface area contributed by atoms with Crippen LogP contribution >= 0.6 is 11.6 Å². The number of rotatable bonds is 6. The van der Waals surface area contributed by atoms with Gasteiger partial charge in [0.2, 0.25) is 15.9 Å². The fraction of sp³-hybridized carbons (Fsp3) is 0.375. The number of benzene rings is 2. The normalized spacial score (nSPS) is 18.7. The van der Waals surface area contributed by atoms with E-state index in [1.165, 1.54) is 34.6 Å². The minimum Gasteiger partial charge on any atom is -0.486 e. The average molecular weight is 522 g/mol. The van der Waals surface area contributed by atoms with Gasteiger partial charge >= 0.3 is 0 Å². The van der Waals surface area contributed by atoms with Gasteiger partial charge in [-0.3, -0.25) is 4.79 Å². The smallest absolute Gasteiger partial charge is 0.243 e. The highest BCUT2D eigenvalue weighted by Crippen LogP contribution is 2.36. The summed E-state index contributed by atoms with van der Waals surface area (Å²) in [5.74, 6) is -0.511. The topological polar surface area (TPSA) is 88.2 Å². The first-order chi connectivity index (χ1) is 16.8. The minimum absolute atomic E-state index is 0.140. The lowest BCUT2D eigenvalue weighted by atomic mass is 9.96. The van der Waals surface area contributed by atoms with Crippen molar-refractivity contribution in [3.63, 3.8) is 0 Å². The van der Waals surface area contributed by atoms with E-state index in [1.807, 2.05) is 0 Å². The highest BCUT2D eigenvalue weighted by Gasteiger charge is 2.39. The van der Waals surface area contributed by atoms with Crippen molar-refractivity contribution in [1.29, 1.82) is 0 Å². The Kier molecular flexibility index (Phi) is 6.47. The second-order valence-electron chi connectivity index (χ2n) is 8.76. The predicted octanol–water partition coefficient (Wildman–Crippen LogP) is 2.40. The number of ether oxygens (including phenoxy) is 2. The van der Waals surface area contributed by atoms with E-state index in [-0.39, 0.29) is 36.0 Å². The summed E-state index contributed by atoms with van der Waals surface area (Å²) in [6.45, 7) is 2.08. The summed E-state index contributed by atoms with van der Waals surface area (Å²) < 4.78 is 53.5. The lowest BCUT2D eigenvalue weighted by Crippen LogP contribution is -2.40. The van der Waals surface area contributed by atoms with Crippen LogP contribution in [0.5, 0.6) is 11.5 Å². The summed E-state index contributed by atoms with van der Waals surface area (Å²) in [6.07, 6.45) is 0. The Bertz CT molecular complexity index is 1300. The molecule has 2 aromatic carbocycles. The van der Waals surface area contributed by atoms with Crippen molar-refractivity contribution >= 4 is 27.5 Å². The molecule has 0 bridgehead atoms. The van der Waals surface area contributed by atoms with Gasteiger partial charge in [-0.05, 0) is 48.5 Å². The Morgan fingerprint density at radius 3 is 2.43 bits per heavy atom. The van der Waals surface area contributed by atoms with Crippen LogP contribution in [-0.2, 0) is 14.8 Å². The molecule has 1 amide bonds. The van der Waals surface area contributed by atoms with Crippen LogP contribution in [0.25, 0.3) is 0 Å². The molecule has 186 valence electrons. The number of sulfonamides is 1. The molecule has 3 aliphatic heterocycles. The summed E-state index contributed by atoms with van der Waals surface area (Å²) >= 11 is 6.05. The van der Waals surface area contributed by atoms with Crippen LogP contribution in [0, 0.1) is 5.82 Å². The van der Waals surface area contributed by atoms with Crippen molar-refractivity contribution in [2.45, 2.75) is 10.8 Å². The van der Waals surface area contributed by atoms with Crippen molar-refractivity contribution in [1.82, 2.24) is 14.5 Å². The van der Waals surface area contributed by atoms with Crippen molar-refractivity contribution < 1.29 is 27.1 Å². The van der Waals surface area contributed by atoms with Crippen molar-refractivity contribution in [3.05, 3.63) is 63.9 Å². The van der Waals surface area contributed by atoms with Crippen LogP contribution in [0.2, 0.25) is 5.02 Å². The first kappa shape index (κ1) is 24.1. The van der Waals surface area contributed by atoms with Gasteiger partial charge in [-0.15, -0.1) is 0 Å². The molecule has 0 fully saturated rings. The standard InChI is InChI=1S/C24H25ClFN3O5S/c1-27-10-20(19-8-17(25)2-4-21(19)26)24(30)28-11-15-13-29(14-16(15)12-28)35(31,32)18-3-5-22-23(9-18)34-7-6-33-22/h2-5,8-9,20,27H,6-7,10-14H2,1H3. The number of hydrogen-bond donors (Lipinski definition) is 1. The third-order valence-corrected chi connectivity index (χ3v) is 8.52. The number of carbonyl (C=O) groups is 1. The van der Waals surface area contributed by atoms with E-state index in [2.05, 4.69) is 5.32 Å². The molecule has 0 aromatic heterocycles. The van der Waals surface area contributed by atoms with E-state index < -0.39 is 21.8 Å². The molecule has 5 rings (SSSR count). The zero-order valence-corrected chi connectivity index (χ0v) is 20.7. The molecule has 8 nitrogen and oxygen atoms in total. The molecule has 2 aromatic rings. The summed E-state index contributed by atoms with van der Waals surface area (Å²) in [6, 6.07) is 8.81. The van der Waals surface area contributed by atoms with Gasteiger partial charge < -0.3 is 19.7 Å². The molecule has 1 atom stereocenters. The number of hydrogen-bond acceptors (Lipinski definition) is 6. The summed E-state index contributed by atoms with van der Waals surface area (Å²) in [5, 5.41) is 3.32. The third kappa shape index (κ3) is 4.51. The monoisotopic (exact) mass is 521 g/mol. The zero-order valence-electron chi connectivity index (χ0n) is 19.1. The molecule has 0 radical (unpaired) electrons. The fourth-order valence-corrected chi connectivity index (χ4v) is 6.37. The molecule has 11 heteroatoms. The average Bonchev–Trinajstić information content (AvgIpc) is 3.44. The Balaban J connectivity index is 1.29. The Morgan fingerprint density at radius 1 is 1.06 bits per heavy atom. The van der Waals surface area contributed by atoms with Crippen LogP contribution in [0.15, 0.2) is 52.4 Å². The van der Waals surface area contributed by atoms with Crippen LogP contribution in [0.3, 0.4) is 0 Å². The molecule has 0 saturated heterocycles. The highest BCUT2D eigenvalue weighted by atomic mass is 35.5.